The van der Waals surface area contributed by atoms with Crippen LogP contribution in [-0.2, 0) is 28.9 Å². The van der Waals surface area contributed by atoms with Gasteiger partial charge in [0.25, 0.3) is 0 Å². The average Bonchev–Trinajstić information content (AvgIpc) is 3.65. The fourth-order valence-electron chi connectivity index (χ4n) is 4.92. The van der Waals surface area contributed by atoms with Crippen LogP contribution in [0, 0.1) is 5.92 Å². The van der Waals surface area contributed by atoms with Crippen molar-refractivity contribution in [1.29, 1.82) is 0 Å². The van der Waals surface area contributed by atoms with Crippen molar-refractivity contribution in [3.05, 3.63) is 58.7 Å². The molecule has 0 aromatic heterocycles. The molecule has 0 bridgehead atoms. The summed E-state index contributed by atoms with van der Waals surface area (Å²) in [6.45, 7) is 0. The molecule has 32 heavy (non-hydrogen) atoms. The van der Waals surface area contributed by atoms with E-state index in [0.717, 1.165) is 62.4 Å². The summed E-state index contributed by atoms with van der Waals surface area (Å²) in [6, 6.07) is 12.2. The normalized spacial score (nSPS) is 20.1. The third-order valence-corrected chi connectivity index (χ3v) is 6.95. The molecule has 0 saturated heterocycles. The molecule has 3 aliphatic rings. The Morgan fingerprint density at radius 1 is 0.781 bits per heavy atom. The Bertz CT molecular complexity index is 973. The maximum absolute atomic E-state index is 12.3. The molecule has 3 aliphatic carbocycles. The Labute approximate surface area is 191 Å². The highest BCUT2D eigenvalue weighted by Gasteiger charge is 2.32. The van der Waals surface area contributed by atoms with Gasteiger partial charge in [-0.3, -0.25) is 9.59 Å². The zero-order valence-corrected chi connectivity index (χ0v) is 19.3. The van der Waals surface area contributed by atoms with Crippen molar-refractivity contribution in [2.75, 3.05) is 14.2 Å². The molecule has 2 aromatic carbocycles. The molecule has 0 spiro atoms. The zero-order valence-electron chi connectivity index (χ0n) is 19.3. The van der Waals surface area contributed by atoms with Crippen LogP contribution in [0.15, 0.2) is 36.4 Å². The Morgan fingerprint density at radius 3 is 2.16 bits per heavy atom. The molecular weight excluding hydrogens is 400 g/mol. The summed E-state index contributed by atoms with van der Waals surface area (Å²) in [5.41, 5.74) is 5.04. The van der Waals surface area contributed by atoms with Crippen molar-refractivity contribution >= 4 is 11.6 Å². The molecule has 0 N–H and O–H groups in total. The highest BCUT2D eigenvalue weighted by molar-refractivity contribution is 5.87. The van der Waals surface area contributed by atoms with Gasteiger partial charge in [0, 0.05) is 25.2 Å². The first-order valence-corrected chi connectivity index (χ1v) is 11.9. The Balaban J connectivity index is 0.000000158. The molecule has 0 aliphatic heterocycles. The molecule has 0 heterocycles. The van der Waals surface area contributed by atoms with Crippen LogP contribution in [0.25, 0.3) is 0 Å². The van der Waals surface area contributed by atoms with E-state index in [1.54, 1.807) is 14.2 Å². The van der Waals surface area contributed by atoms with E-state index < -0.39 is 0 Å². The molecule has 1 atom stereocenters. The first kappa shape index (κ1) is 22.6. The minimum absolute atomic E-state index is 0.154. The summed E-state index contributed by atoms with van der Waals surface area (Å²) in [4.78, 5) is 23.6. The van der Waals surface area contributed by atoms with E-state index in [9.17, 15) is 9.59 Å². The van der Waals surface area contributed by atoms with Gasteiger partial charge in [0.1, 0.15) is 23.1 Å². The van der Waals surface area contributed by atoms with Gasteiger partial charge in [-0.15, -0.1) is 0 Å². The Morgan fingerprint density at radius 2 is 1.44 bits per heavy atom. The quantitative estimate of drug-likeness (QED) is 0.586. The van der Waals surface area contributed by atoms with Crippen LogP contribution >= 0.6 is 0 Å². The highest BCUT2D eigenvalue weighted by atomic mass is 16.5. The summed E-state index contributed by atoms with van der Waals surface area (Å²) in [7, 11) is 3.37. The number of Topliss-reactive ketones (excluding diaryl/α,β-unsaturated/α-hetero) is 2. The van der Waals surface area contributed by atoms with Gasteiger partial charge in [-0.2, -0.15) is 0 Å². The zero-order chi connectivity index (χ0) is 22.5. The standard InChI is InChI=1S/C16H20O2.C12H14O2/c1-18-13-7-8-14-12(10-13)3-2-4-16(17)15(14)9-11-5-6-11;1-14-12-6-5-10-7-11(13)4-2-3-9(10)8-12/h7-8,10-11,15H,2-6,9H2,1H3;5-6,8H,2-4,7H2,1H3. The summed E-state index contributed by atoms with van der Waals surface area (Å²) in [5, 5.41) is 0. The van der Waals surface area contributed by atoms with E-state index in [-0.39, 0.29) is 5.92 Å². The number of aryl methyl sites for hydroxylation is 2. The number of methoxy groups -OCH3 is 2. The van der Waals surface area contributed by atoms with Gasteiger partial charge in [0.05, 0.1) is 14.2 Å². The van der Waals surface area contributed by atoms with Crippen LogP contribution in [0.4, 0.5) is 0 Å². The molecule has 4 heteroatoms. The van der Waals surface area contributed by atoms with Crippen molar-refractivity contribution in [3.8, 4) is 11.5 Å². The SMILES string of the molecule is COc1ccc2c(c1)CCCC(=O)C2.COc1ccc2c(c1)CCCC(=O)C2CC1CC1. The number of ketones is 2. The van der Waals surface area contributed by atoms with Gasteiger partial charge >= 0.3 is 0 Å². The number of hydrogen-bond donors (Lipinski definition) is 0. The second kappa shape index (κ2) is 10.3. The molecule has 1 unspecified atom stereocenters. The van der Waals surface area contributed by atoms with Gasteiger partial charge in [-0.05, 0) is 84.5 Å². The maximum Gasteiger partial charge on any atom is 0.140 e. The number of carbonyl (C=O) groups is 2. The highest BCUT2D eigenvalue weighted by Crippen LogP contribution is 2.42. The number of benzene rings is 2. The number of fused-ring (bicyclic) bond motifs is 2. The number of rotatable bonds is 4. The van der Waals surface area contributed by atoms with Crippen molar-refractivity contribution < 1.29 is 19.1 Å². The largest absolute Gasteiger partial charge is 0.497 e. The van der Waals surface area contributed by atoms with Crippen LogP contribution in [0.1, 0.15) is 73.1 Å². The van der Waals surface area contributed by atoms with Crippen LogP contribution in [0.3, 0.4) is 0 Å². The van der Waals surface area contributed by atoms with E-state index >= 15 is 0 Å². The second-order valence-corrected chi connectivity index (χ2v) is 9.32. The van der Waals surface area contributed by atoms with Crippen LogP contribution < -0.4 is 9.47 Å². The van der Waals surface area contributed by atoms with Crippen LogP contribution in [0.2, 0.25) is 0 Å². The minimum Gasteiger partial charge on any atom is -0.497 e. The molecule has 5 rings (SSSR count). The van der Waals surface area contributed by atoms with Crippen molar-refractivity contribution in [1.82, 2.24) is 0 Å². The first-order chi connectivity index (χ1) is 15.6. The van der Waals surface area contributed by atoms with E-state index in [4.69, 9.17) is 9.47 Å². The number of carbonyl (C=O) groups excluding carboxylic acids is 2. The third-order valence-electron chi connectivity index (χ3n) is 6.95. The lowest BCUT2D eigenvalue weighted by atomic mass is 9.87. The lowest BCUT2D eigenvalue weighted by Gasteiger charge is -2.17. The predicted molar refractivity (Wildman–Crippen MR) is 126 cm³/mol. The monoisotopic (exact) mass is 434 g/mol. The van der Waals surface area contributed by atoms with Crippen LogP contribution in [-0.4, -0.2) is 25.8 Å². The second-order valence-electron chi connectivity index (χ2n) is 9.32. The van der Waals surface area contributed by atoms with Crippen molar-refractivity contribution in [2.45, 2.75) is 70.1 Å². The van der Waals surface area contributed by atoms with E-state index in [2.05, 4.69) is 12.1 Å². The molecule has 1 saturated carbocycles. The molecular formula is C28H34O4. The summed E-state index contributed by atoms with van der Waals surface area (Å²) in [6.07, 6.45) is 9.73. The predicted octanol–water partition coefficient (Wildman–Crippen LogP) is 5.63. The number of ether oxygens (including phenoxy) is 2. The van der Waals surface area contributed by atoms with Gasteiger partial charge in [-0.25, -0.2) is 0 Å². The molecule has 4 nitrogen and oxygen atoms in total. The smallest absolute Gasteiger partial charge is 0.140 e. The fourth-order valence-corrected chi connectivity index (χ4v) is 4.92. The third kappa shape index (κ3) is 5.59. The maximum atomic E-state index is 12.3. The van der Waals surface area contributed by atoms with Gasteiger partial charge in [0.2, 0.25) is 0 Å². The average molecular weight is 435 g/mol. The molecule has 2 aromatic rings. The summed E-state index contributed by atoms with van der Waals surface area (Å²) >= 11 is 0. The van der Waals surface area contributed by atoms with E-state index in [1.165, 1.54) is 35.1 Å². The minimum atomic E-state index is 0.154. The van der Waals surface area contributed by atoms with Crippen molar-refractivity contribution in [2.24, 2.45) is 5.92 Å². The molecule has 170 valence electrons. The first-order valence-electron chi connectivity index (χ1n) is 11.9. The molecule has 0 amide bonds. The summed E-state index contributed by atoms with van der Waals surface area (Å²) in [5.74, 6) is 3.55. The topological polar surface area (TPSA) is 52.6 Å². The van der Waals surface area contributed by atoms with Gasteiger partial charge in [0.15, 0.2) is 0 Å². The van der Waals surface area contributed by atoms with Crippen LogP contribution in [0.5, 0.6) is 11.5 Å². The Hall–Kier alpha value is -2.62. The van der Waals surface area contributed by atoms with Gasteiger partial charge in [-0.1, -0.05) is 25.0 Å². The van der Waals surface area contributed by atoms with Crippen molar-refractivity contribution in [3.63, 3.8) is 0 Å². The lowest BCUT2D eigenvalue weighted by molar-refractivity contribution is -0.120. The Kier molecular flexibility index (Phi) is 7.29. The molecule has 1 fully saturated rings. The van der Waals surface area contributed by atoms with E-state index in [0.29, 0.717) is 18.0 Å². The lowest BCUT2D eigenvalue weighted by Crippen LogP contribution is -2.12. The van der Waals surface area contributed by atoms with Gasteiger partial charge < -0.3 is 9.47 Å². The summed E-state index contributed by atoms with van der Waals surface area (Å²) < 4.78 is 10.5. The molecule has 0 radical (unpaired) electrons. The van der Waals surface area contributed by atoms with E-state index in [1.807, 2.05) is 24.3 Å². The number of hydrogen-bond acceptors (Lipinski definition) is 4. The fraction of sp³-hybridized carbons (Fsp3) is 0.500.